The van der Waals surface area contributed by atoms with Crippen LogP contribution in [0.15, 0.2) is 54.9 Å². The number of rotatable bonds is 3. The number of nitrogens with zero attached hydrogens (tertiary/aromatic N) is 2. The Morgan fingerprint density at radius 2 is 1.74 bits per heavy atom. The predicted octanol–water partition coefficient (Wildman–Crippen LogP) is 5.08. The van der Waals surface area contributed by atoms with Crippen LogP contribution in [0.1, 0.15) is 28.0 Å². The van der Waals surface area contributed by atoms with Crippen LogP contribution < -0.4 is 4.74 Å². The summed E-state index contributed by atoms with van der Waals surface area (Å²) in [6.07, 6.45) is -0.838. The van der Waals surface area contributed by atoms with Crippen LogP contribution in [0, 0.1) is 0 Å². The van der Waals surface area contributed by atoms with Crippen LogP contribution in [0.4, 0.5) is 13.2 Å². The second-order valence-corrected chi connectivity index (χ2v) is 6.10. The van der Waals surface area contributed by atoms with E-state index in [9.17, 15) is 18.0 Å². The van der Waals surface area contributed by atoms with Gasteiger partial charge in [-0.2, -0.15) is 13.2 Å². The van der Waals surface area contributed by atoms with Crippen molar-refractivity contribution in [2.45, 2.75) is 19.0 Å². The van der Waals surface area contributed by atoms with Crippen LogP contribution in [0.3, 0.4) is 0 Å². The standard InChI is InChI=1S/C20H13F3N2O2/c21-20(22,23)17-9-7-13(11-25-17)27-19-15(5-2-10-24-19)14-4-1-3-12-6-8-16(26)18(12)14/h1-5,7,9-11H,6,8H2. The van der Waals surface area contributed by atoms with E-state index in [0.717, 1.165) is 17.8 Å². The number of hydrogen-bond donors (Lipinski definition) is 0. The van der Waals surface area contributed by atoms with Gasteiger partial charge in [0.25, 0.3) is 0 Å². The van der Waals surface area contributed by atoms with Gasteiger partial charge in [0.15, 0.2) is 5.78 Å². The lowest BCUT2D eigenvalue weighted by atomic mass is 9.97. The molecule has 0 radical (unpaired) electrons. The molecule has 0 aliphatic heterocycles. The number of ether oxygens (including phenoxy) is 1. The first-order valence-corrected chi connectivity index (χ1v) is 8.25. The summed E-state index contributed by atoms with van der Waals surface area (Å²) in [5.74, 6) is 0.389. The molecule has 2 aromatic heterocycles. The van der Waals surface area contributed by atoms with E-state index >= 15 is 0 Å². The first-order chi connectivity index (χ1) is 12.9. The highest BCUT2D eigenvalue weighted by Crippen LogP contribution is 2.37. The zero-order chi connectivity index (χ0) is 19.0. The molecule has 1 aromatic carbocycles. The van der Waals surface area contributed by atoms with Gasteiger partial charge < -0.3 is 4.74 Å². The fourth-order valence-electron chi connectivity index (χ4n) is 3.13. The van der Waals surface area contributed by atoms with E-state index in [1.165, 1.54) is 12.3 Å². The Morgan fingerprint density at radius 3 is 2.48 bits per heavy atom. The number of carbonyl (C=O) groups excluding carboxylic acids is 1. The highest BCUT2D eigenvalue weighted by atomic mass is 19.4. The molecular weight excluding hydrogens is 357 g/mol. The van der Waals surface area contributed by atoms with Gasteiger partial charge in [-0.3, -0.25) is 4.79 Å². The van der Waals surface area contributed by atoms with Gasteiger partial charge in [-0.25, -0.2) is 9.97 Å². The van der Waals surface area contributed by atoms with Crippen molar-refractivity contribution in [3.63, 3.8) is 0 Å². The third-order valence-corrected chi connectivity index (χ3v) is 4.35. The fourth-order valence-corrected chi connectivity index (χ4v) is 3.13. The van der Waals surface area contributed by atoms with E-state index in [1.807, 2.05) is 18.2 Å². The van der Waals surface area contributed by atoms with E-state index in [-0.39, 0.29) is 17.4 Å². The molecule has 0 N–H and O–H groups in total. The number of ketones is 1. The molecular formula is C20H13F3N2O2. The lowest BCUT2D eigenvalue weighted by molar-refractivity contribution is -0.141. The third-order valence-electron chi connectivity index (χ3n) is 4.35. The number of pyridine rings is 2. The van der Waals surface area contributed by atoms with Gasteiger partial charge in [-0.1, -0.05) is 18.2 Å². The smallest absolute Gasteiger partial charge is 0.433 e. The SMILES string of the molecule is O=C1CCc2cccc(-c3cccnc3Oc3ccc(C(F)(F)F)nc3)c21. The zero-order valence-electron chi connectivity index (χ0n) is 14.0. The first-order valence-electron chi connectivity index (χ1n) is 8.25. The molecule has 7 heteroatoms. The maximum absolute atomic E-state index is 12.6. The lowest BCUT2D eigenvalue weighted by Crippen LogP contribution is -2.07. The van der Waals surface area contributed by atoms with Crippen molar-refractivity contribution < 1.29 is 22.7 Å². The normalized spacial score (nSPS) is 13.5. The number of alkyl halides is 3. The highest BCUT2D eigenvalue weighted by Gasteiger charge is 2.32. The van der Waals surface area contributed by atoms with E-state index in [1.54, 1.807) is 12.1 Å². The summed E-state index contributed by atoms with van der Waals surface area (Å²) in [5, 5.41) is 0. The number of aryl methyl sites for hydroxylation is 1. The average molecular weight is 370 g/mol. The molecule has 0 saturated carbocycles. The fraction of sp³-hybridized carbons (Fsp3) is 0.150. The molecule has 0 fully saturated rings. The van der Waals surface area contributed by atoms with Gasteiger partial charge in [0.1, 0.15) is 11.4 Å². The number of benzene rings is 1. The third kappa shape index (κ3) is 3.28. The summed E-state index contributed by atoms with van der Waals surface area (Å²) in [7, 11) is 0. The lowest BCUT2D eigenvalue weighted by Gasteiger charge is -2.13. The van der Waals surface area contributed by atoms with Crippen LogP contribution in [0.5, 0.6) is 11.6 Å². The molecule has 1 aliphatic carbocycles. The average Bonchev–Trinajstić information content (AvgIpc) is 3.03. The van der Waals surface area contributed by atoms with E-state index in [4.69, 9.17) is 4.74 Å². The van der Waals surface area contributed by atoms with Crippen molar-refractivity contribution >= 4 is 5.78 Å². The van der Waals surface area contributed by atoms with Gasteiger partial charge in [-0.15, -0.1) is 0 Å². The Hall–Kier alpha value is -3.22. The maximum Gasteiger partial charge on any atom is 0.433 e. The minimum atomic E-state index is -4.51. The van der Waals surface area contributed by atoms with Crippen molar-refractivity contribution in [3.8, 4) is 22.8 Å². The largest absolute Gasteiger partial charge is 0.437 e. The van der Waals surface area contributed by atoms with Crippen molar-refractivity contribution in [2.24, 2.45) is 0 Å². The van der Waals surface area contributed by atoms with Crippen LogP contribution >= 0.6 is 0 Å². The Kier molecular flexibility index (Phi) is 4.14. The number of Topliss-reactive ketones (excluding diaryl/α,β-unsaturated/α-hetero) is 1. The van der Waals surface area contributed by atoms with Gasteiger partial charge in [0.2, 0.25) is 5.88 Å². The number of aromatic nitrogens is 2. The van der Waals surface area contributed by atoms with E-state index in [0.29, 0.717) is 29.5 Å². The van der Waals surface area contributed by atoms with Crippen LogP contribution in [0.2, 0.25) is 0 Å². The Bertz CT molecular complexity index is 1010. The summed E-state index contributed by atoms with van der Waals surface area (Å²) in [5.41, 5.74) is 1.94. The summed E-state index contributed by atoms with van der Waals surface area (Å²) < 4.78 is 43.6. The summed E-state index contributed by atoms with van der Waals surface area (Å²) >= 11 is 0. The summed E-state index contributed by atoms with van der Waals surface area (Å²) in [6, 6.07) is 11.1. The molecule has 0 atom stereocenters. The van der Waals surface area contributed by atoms with E-state index in [2.05, 4.69) is 9.97 Å². The van der Waals surface area contributed by atoms with Gasteiger partial charge in [-0.05, 0) is 41.8 Å². The van der Waals surface area contributed by atoms with Crippen molar-refractivity contribution in [1.82, 2.24) is 9.97 Å². The molecule has 4 nitrogen and oxygen atoms in total. The Morgan fingerprint density at radius 1 is 0.926 bits per heavy atom. The number of fused-ring (bicyclic) bond motifs is 1. The Balaban J connectivity index is 1.71. The molecule has 4 rings (SSSR count). The van der Waals surface area contributed by atoms with Crippen LogP contribution in [-0.2, 0) is 12.6 Å². The second-order valence-electron chi connectivity index (χ2n) is 6.10. The highest BCUT2D eigenvalue weighted by molar-refractivity contribution is 6.06. The molecule has 136 valence electrons. The quantitative estimate of drug-likeness (QED) is 0.645. The van der Waals surface area contributed by atoms with Gasteiger partial charge in [0.05, 0.1) is 6.20 Å². The molecule has 0 bridgehead atoms. The Labute approximate surface area is 152 Å². The van der Waals surface area contributed by atoms with Crippen LogP contribution in [0.25, 0.3) is 11.1 Å². The molecule has 0 unspecified atom stereocenters. The molecule has 3 aromatic rings. The molecule has 0 amide bonds. The molecule has 27 heavy (non-hydrogen) atoms. The second kappa shape index (κ2) is 6.50. The number of halogens is 3. The minimum Gasteiger partial charge on any atom is -0.437 e. The predicted molar refractivity (Wildman–Crippen MR) is 91.6 cm³/mol. The maximum atomic E-state index is 12.6. The molecule has 0 spiro atoms. The summed E-state index contributed by atoms with van der Waals surface area (Å²) in [4.78, 5) is 19.9. The van der Waals surface area contributed by atoms with Crippen molar-refractivity contribution in [1.29, 1.82) is 0 Å². The summed E-state index contributed by atoms with van der Waals surface area (Å²) in [6.45, 7) is 0. The minimum absolute atomic E-state index is 0.0617. The monoisotopic (exact) mass is 370 g/mol. The van der Waals surface area contributed by atoms with Crippen molar-refractivity contribution in [2.75, 3.05) is 0 Å². The number of carbonyl (C=O) groups is 1. The van der Waals surface area contributed by atoms with E-state index < -0.39 is 11.9 Å². The van der Waals surface area contributed by atoms with Crippen molar-refractivity contribution in [3.05, 3.63) is 71.7 Å². The van der Waals surface area contributed by atoms with Crippen LogP contribution in [-0.4, -0.2) is 15.8 Å². The first kappa shape index (κ1) is 17.2. The van der Waals surface area contributed by atoms with Gasteiger partial charge in [0, 0.05) is 23.7 Å². The molecule has 2 heterocycles. The topological polar surface area (TPSA) is 52.1 Å². The molecule has 1 aliphatic rings. The molecule has 0 saturated heterocycles. The van der Waals surface area contributed by atoms with Gasteiger partial charge >= 0.3 is 6.18 Å². The number of hydrogen-bond acceptors (Lipinski definition) is 4. The zero-order valence-corrected chi connectivity index (χ0v) is 14.0.